The van der Waals surface area contributed by atoms with Gasteiger partial charge in [-0.05, 0) is 6.07 Å². The van der Waals surface area contributed by atoms with E-state index in [0.717, 1.165) is 5.56 Å². The van der Waals surface area contributed by atoms with Crippen LogP contribution >= 0.6 is 0 Å². The van der Waals surface area contributed by atoms with E-state index in [9.17, 15) is 10.5 Å². The first kappa shape index (κ1) is 14.0. The van der Waals surface area contributed by atoms with Gasteiger partial charge >= 0.3 is 0 Å². The SMILES string of the molecule is COc1ccccc1[C@H]1[C@]2(C#N)C(N)=NC3(OCCO3)[C@]12C#N. The molecule has 0 amide bonds. The molecule has 23 heavy (non-hydrogen) atoms. The van der Waals surface area contributed by atoms with E-state index in [1.165, 1.54) is 0 Å². The summed E-state index contributed by atoms with van der Waals surface area (Å²) in [6.45, 7) is 0.612. The molecule has 0 aromatic heterocycles. The lowest BCUT2D eigenvalue weighted by Gasteiger charge is -2.26. The lowest BCUT2D eigenvalue weighted by Crippen LogP contribution is -2.38. The minimum Gasteiger partial charge on any atom is -0.496 e. The van der Waals surface area contributed by atoms with E-state index in [1.807, 2.05) is 18.2 Å². The lowest BCUT2D eigenvalue weighted by atomic mass is 9.94. The highest BCUT2D eigenvalue weighted by Crippen LogP contribution is 2.82. The quantitative estimate of drug-likeness (QED) is 0.867. The third-order valence-corrected chi connectivity index (χ3v) is 5.06. The van der Waals surface area contributed by atoms with Crippen molar-refractivity contribution in [3.63, 3.8) is 0 Å². The average molecular weight is 310 g/mol. The van der Waals surface area contributed by atoms with Gasteiger partial charge < -0.3 is 19.9 Å². The maximum Gasteiger partial charge on any atom is 0.293 e. The zero-order chi connectivity index (χ0) is 16.3. The monoisotopic (exact) mass is 310 g/mol. The molecule has 0 bridgehead atoms. The van der Waals surface area contributed by atoms with E-state index < -0.39 is 22.7 Å². The summed E-state index contributed by atoms with van der Waals surface area (Å²) in [7, 11) is 1.55. The number of nitrogens with zero attached hydrogens (tertiary/aromatic N) is 3. The summed E-state index contributed by atoms with van der Waals surface area (Å²) < 4.78 is 16.7. The minimum absolute atomic E-state index is 0.0827. The van der Waals surface area contributed by atoms with Crippen LogP contribution in [-0.4, -0.2) is 32.1 Å². The van der Waals surface area contributed by atoms with Crippen LogP contribution in [0.1, 0.15) is 11.5 Å². The van der Waals surface area contributed by atoms with Crippen molar-refractivity contribution < 1.29 is 14.2 Å². The van der Waals surface area contributed by atoms with E-state index in [-0.39, 0.29) is 5.84 Å². The average Bonchev–Trinajstić information content (AvgIpc) is 2.82. The van der Waals surface area contributed by atoms with Gasteiger partial charge in [0.1, 0.15) is 17.0 Å². The Bertz CT molecular complexity index is 802. The first-order valence-corrected chi connectivity index (χ1v) is 7.22. The number of benzene rings is 1. The molecular formula is C16H14N4O3. The molecule has 0 radical (unpaired) electrons. The Morgan fingerprint density at radius 3 is 2.57 bits per heavy atom. The highest BCUT2D eigenvalue weighted by molar-refractivity contribution is 6.00. The molecule has 2 N–H and O–H groups in total. The van der Waals surface area contributed by atoms with Crippen molar-refractivity contribution in [2.24, 2.45) is 21.6 Å². The number of rotatable bonds is 2. The lowest BCUT2D eigenvalue weighted by molar-refractivity contribution is -0.184. The molecule has 1 saturated heterocycles. The molecular weight excluding hydrogens is 296 g/mol. The number of hydrogen-bond acceptors (Lipinski definition) is 7. The number of amidine groups is 1. The maximum atomic E-state index is 9.97. The Morgan fingerprint density at radius 1 is 1.26 bits per heavy atom. The van der Waals surface area contributed by atoms with E-state index in [4.69, 9.17) is 19.9 Å². The van der Waals surface area contributed by atoms with E-state index in [2.05, 4.69) is 17.1 Å². The molecule has 1 aromatic rings. The van der Waals surface area contributed by atoms with Crippen molar-refractivity contribution in [3.05, 3.63) is 29.8 Å². The third kappa shape index (κ3) is 1.25. The van der Waals surface area contributed by atoms with Crippen LogP contribution in [0.2, 0.25) is 0 Å². The van der Waals surface area contributed by atoms with Crippen molar-refractivity contribution in [2.45, 2.75) is 11.8 Å². The van der Waals surface area contributed by atoms with Gasteiger partial charge in [0.15, 0.2) is 5.41 Å². The number of methoxy groups -OCH3 is 1. The molecule has 4 rings (SSSR count). The Hall–Kier alpha value is -2.61. The largest absolute Gasteiger partial charge is 0.496 e. The van der Waals surface area contributed by atoms with Crippen LogP contribution in [0.3, 0.4) is 0 Å². The van der Waals surface area contributed by atoms with Gasteiger partial charge in [0, 0.05) is 11.5 Å². The Kier molecular flexibility index (Phi) is 2.57. The molecule has 2 aliphatic heterocycles. The standard InChI is InChI=1S/C16H14N4O3/c1-21-11-5-3-2-4-10(11)12-14(8-17)13(19)20-16(15(12,14)9-18)22-6-7-23-16/h2-5,12H,6-7H2,1H3,(H2,19,20)/t12-,14+,15+/m0/s1. The maximum absolute atomic E-state index is 9.97. The number of nitrogens with two attached hydrogens (primary N) is 1. The van der Waals surface area contributed by atoms with Crippen LogP contribution in [0.4, 0.5) is 0 Å². The molecule has 2 heterocycles. The van der Waals surface area contributed by atoms with Crippen molar-refractivity contribution in [1.29, 1.82) is 10.5 Å². The normalized spacial score (nSPS) is 36.0. The number of aliphatic imine (C=N–C) groups is 1. The second kappa shape index (κ2) is 4.23. The van der Waals surface area contributed by atoms with Crippen molar-refractivity contribution in [2.75, 3.05) is 20.3 Å². The number of hydrogen-bond donors (Lipinski definition) is 1. The van der Waals surface area contributed by atoms with Crippen LogP contribution in [-0.2, 0) is 9.47 Å². The van der Waals surface area contributed by atoms with Gasteiger partial charge in [-0.15, -0.1) is 0 Å². The summed E-state index contributed by atoms with van der Waals surface area (Å²) in [5.74, 6) is -1.35. The molecule has 7 heteroatoms. The topological polar surface area (TPSA) is 114 Å². The predicted octanol–water partition coefficient (Wildman–Crippen LogP) is 0.884. The number of nitriles is 2. The van der Waals surface area contributed by atoms with Crippen molar-refractivity contribution >= 4 is 5.84 Å². The molecule has 1 spiro atoms. The summed E-state index contributed by atoms with van der Waals surface area (Å²) in [6, 6.07) is 11.7. The molecule has 0 unspecified atom stereocenters. The summed E-state index contributed by atoms with van der Waals surface area (Å²) in [6.07, 6.45) is 0. The zero-order valence-electron chi connectivity index (χ0n) is 12.4. The fourth-order valence-electron chi connectivity index (χ4n) is 4.09. The molecule has 2 fully saturated rings. The van der Waals surface area contributed by atoms with Gasteiger partial charge in [-0.25, -0.2) is 4.99 Å². The molecule has 3 aliphatic rings. The van der Waals surface area contributed by atoms with Gasteiger partial charge in [0.2, 0.25) is 0 Å². The predicted molar refractivity (Wildman–Crippen MR) is 78.1 cm³/mol. The first-order valence-electron chi connectivity index (χ1n) is 7.22. The van der Waals surface area contributed by atoms with Crippen molar-refractivity contribution in [3.8, 4) is 17.9 Å². The summed E-state index contributed by atoms with van der Waals surface area (Å²) in [4.78, 5) is 4.23. The Morgan fingerprint density at radius 2 is 1.96 bits per heavy atom. The van der Waals surface area contributed by atoms with Gasteiger partial charge in [-0.1, -0.05) is 18.2 Å². The van der Waals surface area contributed by atoms with Gasteiger partial charge in [0.05, 0.1) is 32.5 Å². The molecule has 1 saturated carbocycles. The van der Waals surface area contributed by atoms with Crippen LogP contribution < -0.4 is 10.5 Å². The number of para-hydroxylation sites is 1. The summed E-state index contributed by atoms with van der Waals surface area (Å²) in [5, 5.41) is 19.8. The van der Waals surface area contributed by atoms with E-state index in [1.54, 1.807) is 13.2 Å². The van der Waals surface area contributed by atoms with Crippen LogP contribution in [0.25, 0.3) is 0 Å². The van der Waals surface area contributed by atoms with E-state index >= 15 is 0 Å². The minimum atomic E-state index is -1.51. The fraction of sp³-hybridized carbons (Fsp3) is 0.438. The molecule has 116 valence electrons. The van der Waals surface area contributed by atoms with E-state index in [0.29, 0.717) is 19.0 Å². The summed E-state index contributed by atoms with van der Waals surface area (Å²) >= 11 is 0. The van der Waals surface area contributed by atoms with Crippen LogP contribution in [0, 0.1) is 33.5 Å². The fourth-order valence-corrected chi connectivity index (χ4v) is 4.09. The highest BCUT2D eigenvalue weighted by Gasteiger charge is 2.94. The summed E-state index contributed by atoms with van der Waals surface area (Å²) in [5.41, 5.74) is 4.24. The Labute approximate surface area is 132 Å². The van der Waals surface area contributed by atoms with Gasteiger partial charge in [0.25, 0.3) is 5.91 Å². The molecule has 7 nitrogen and oxygen atoms in total. The highest BCUT2D eigenvalue weighted by atomic mass is 16.8. The third-order valence-electron chi connectivity index (χ3n) is 5.06. The second-order valence-electron chi connectivity index (χ2n) is 5.79. The van der Waals surface area contributed by atoms with Crippen LogP contribution in [0.5, 0.6) is 5.75 Å². The molecule has 3 atom stereocenters. The van der Waals surface area contributed by atoms with Crippen LogP contribution in [0.15, 0.2) is 29.3 Å². The van der Waals surface area contributed by atoms with Gasteiger partial charge in [-0.2, -0.15) is 10.5 Å². The number of ether oxygens (including phenoxy) is 3. The molecule has 1 aliphatic carbocycles. The van der Waals surface area contributed by atoms with Crippen molar-refractivity contribution in [1.82, 2.24) is 0 Å². The molecule has 1 aromatic carbocycles. The van der Waals surface area contributed by atoms with Gasteiger partial charge in [-0.3, -0.25) is 0 Å². The first-order chi connectivity index (χ1) is 11.1. The number of fused-ring (bicyclic) bond motifs is 2. The zero-order valence-corrected chi connectivity index (χ0v) is 12.4. The smallest absolute Gasteiger partial charge is 0.293 e. The second-order valence-corrected chi connectivity index (χ2v) is 5.79. The Balaban J connectivity index is 1.96.